The molecule has 94 valence electrons. The van der Waals surface area contributed by atoms with Crippen LogP contribution in [0.5, 0.6) is 0 Å². The number of amides is 1. The average Bonchev–Trinajstić information content (AvgIpc) is 2.62. The van der Waals surface area contributed by atoms with E-state index in [0.29, 0.717) is 18.8 Å². The summed E-state index contributed by atoms with van der Waals surface area (Å²) in [7, 11) is 1.46. The second-order valence-electron chi connectivity index (χ2n) is 3.33. The number of methoxy groups -OCH3 is 1. The first-order valence-electron chi connectivity index (χ1n) is 4.95. The molecule has 1 rings (SSSR count). The highest BCUT2D eigenvalue weighted by Gasteiger charge is 2.18. The zero-order valence-corrected chi connectivity index (χ0v) is 9.63. The molecule has 0 bridgehead atoms. The molecule has 1 aromatic rings. The first-order valence-corrected chi connectivity index (χ1v) is 4.95. The predicted molar refractivity (Wildman–Crippen MR) is 56.4 cm³/mol. The SMILES string of the molecule is COCc1c(C(=O)O)nnn1CCNC(C)=O. The Labute approximate surface area is 97.6 Å². The second-order valence-corrected chi connectivity index (χ2v) is 3.33. The number of ether oxygens (including phenoxy) is 1. The minimum Gasteiger partial charge on any atom is -0.476 e. The van der Waals surface area contributed by atoms with Gasteiger partial charge in [0.1, 0.15) is 0 Å². The van der Waals surface area contributed by atoms with Crippen LogP contribution in [0.1, 0.15) is 23.1 Å². The van der Waals surface area contributed by atoms with Gasteiger partial charge in [-0.15, -0.1) is 5.10 Å². The lowest BCUT2D eigenvalue weighted by atomic mass is 10.3. The molecule has 0 unspecified atom stereocenters. The van der Waals surface area contributed by atoms with Gasteiger partial charge in [0.05, 0.1) is 18.8 Å². The third kappa shape index (κ3) is 3.52. The Balaban J connectivity index is 2.77. The van der Waals surface area contributed by atoms with E-state index in [-0.39, 0.29) is 18.2 Å². The number of nitrogens with zero attached hydrogens (tertiary/aromatic N) is 3. The van der Waals surface area contributed by atoms with Gasteiger partial charge in [0.15, 0.2) is 5.69 Å². The summed E-state index contributed by atoms with van der Waals surface area (Å²) < 4.78 is 6.30. The Bertz CT molecular complexity index is 415. The molecule has 0 aliphatic rings. The second kappa shape index (κ2) is 5.94. The monoisotopic (exact) mass is 242 g/mol. The summed E-state index contributed by atoms with van der Waals surface area (Å²) in [5, 5.41) is 18.7. The van der Waals surface area contributed by atoms with Crippen molar-refractivity contribution in [2.45, 2.75) is 20.1 Å². The van der Waals surface area contributed by atoms with Gasteiger partial charge in [-0.1, -0.05) is 5.21 Å². The number of carboxylic acid groups (broad SMARTS) is 1. The van der Waals surface area contributed by atoms with E-state index in [1.807, 2.05) is 0 Å². The van der Waals surface area contributed by atoms with Crippen LogP contribution in [0, 0.1) is 0 Å². The minimum atomic E-state index is -1.15. The maximum atomic E-state index is 10.9. The van der Waals surface area contributed by atoms with E-state index in [1.54, 1.807) is 0 Å². The van der Waals surface area contributed by atoms with Crippen molar-refractivity contribution in [2.24, 2.45) is 0 Å². The number of aromatic carboxylic acids is 1. The van der Waals surface area contributed by atoms with E-state index in [4.69, 9.17) is 9.84 Å². The molecule has 8 nitrogen and oxygen atoms in total. The van der Waals surface area contributed by atoms with Gasteiger partial charge in [-0.05, 0) is 0 Å². The Hall–Kier alpha value is -1.96. The summed E-state index contributed by atoms with van der Waals surface area (Å²) in [5.74, 6) is -1.31. The lowest BCUT2D eigenvalue weighted by Gasteiger charge is -2.06. The molecule has 1 heterocycles. The van der Waals surface area contributed by atoms with Crippen LogP contribution in [0.4, 0.5) is 0 Å². The van der Waals surface area contributed by atoms with E-state index >= 15 is 0 Å². The molecule has 8 heteroatoms. The van der Waals surface area contributed by atoms with Crippen LogP contribution >= 0.6 is 0 Å². The molecule has 0 fully saturated rings. The van der Waals surface area contributed by atoms with Crippen LogP contribution in [0.25, 0.3) is 0 Å². The maximum Gasteiger partial charge on any atom is 0.358 e. The van der Waals surface area contributed by atoms with Crippen LogP contribution in [0.2, 0.25) is 0 Å². The molecule has 0 saturated heterocycles. The fourth-order valence-electron chi connectivity index (χ4n) is 1.30. The molecule has 0 aromatic carbocycles. The lowest BCUT2D eigenvalue weighted by molar-refractivity contribution is -0.119. The van der Waals surface area contributed by atoms with Crippen molar-refractivity contribution in [1.82, 2.24) is 20.3 Å². The van der Waals surface area contributed by atoms with Crippen molar-refractivity contribution in [3.05, 3.63) is 11.4 Å². The average molecular weight is 242 g/mol. The number of carbonyl (C=O) groups excluding carboxylic acids is 1. The quantitative estimate of drug-likeness (QED) is 0.680. The van der Waals surface area contributed by atoms with Gasteiger partial charge in [0.25, 0.3) is 0 Å². The summed E-state index contributed by atoms with van der Waals surface area (Å²) in [5.41, 5.74) is 0.250. The van der Waals surface area contributed by atoms with E-state index in [2.05, 4.69) is 15.6 Å². The molecule has 1 aromatic heterocycles. The Kier molecular flexibility index (Phi) is 4.58. The van der Waals surface area contributed by atoms with Crippen molar-refractivity contribution in [2.75, 3.05) is 13.7 Å². The number of nitrogens with one attached hydrogen (secondary N) is 1. The first kappa shape index (κ1) is 13.1. The number of aromatic nitrogens is 3. The van der Waals surface area contributed by atoms with Crippen molar-refractivity contribution in [3.8, 4) is 0 Å². The van der Waals surface area contributed by atoms with Crippen LogP contribution < -0.4 is 5.32 Å². The van der Waals surface area contributed by atoms with E-state index in [1.165, 1.54) is 18.7 Å². The lowest BCUT2D eigenvalue weighted by Crippen LogP contribution is -2.25. The Morgan fingerprint density at radius 1 is 1.53 bits per heavy atom. The molecule has 1 amide bonds. The summed E-state index contributed by atoms with van der Waals surface area (Å²) in [6.45, 7) is 2.21. The van der Waals surface area contributed by atoms with E-state index in [0.717, 1.165) is 0 Å². The fraction of sp³-hybridized carbons (Fsp3) is 0.556. The number of hydrogen-bond acceptors (Lipinski definition) is 5. The summed E-state index contributed by atoms with van der Waals surface area (Å²) >= 11 is 0. The zero-order chi connectivity index (χ0) is 12.8. The summed E-state index contributed by atoms with van der Waals surface area (Å²) in [6.07, 6.45) is 0. The third-order valence-electron chi connectivity index (χ3n) is 2.02. The molecule has 0 radical (unpaired) electrons. The molecular weight excluding hydrogens is 228 g/mol. The van der Waals surface area contributed by atoms with Crippen molar-refractivity contribution < 1.29 is 19.4 Å². The molecule has 0 saturated carbocycles. The highest BCUT2D eigenvalue weighted by molar-refractivity contribution is 5.86. The van der Waals surface area contributed by atoms with Crippen LogP contribution in [0.15, 0.2) is 0 Å². The van der Waals surface area contributed by atoms with Gasteiger partial charge in [-0.3, -0.25) is 4.79 Å². The van der Waals surface area contributed by atoms with Crippen LogP contribution in [0.3, 0.4) is 0 Å². The summed E-state index contributed by atoms with van der Waals surface area (Å²) in [4.78, 5) is 21.5. The van der Waals surface area contributed by atoms with E-state index < -0.39 is 5.97 Å². The molecule has 2 N–H and O–H groups in total. The number of rotatable bonds is 6. The topological polar surface area (TPSA) is 106 Å². The number of hydrogen-bond donors (Lipinski definition) is 2. The van der Waals surface area contributed by atoms with Gasteiger partial charge in [-0.25, -0.2) is 9.48 Å². The van der Waals surface area contributed by atoms with Gasteiger partial charge < -0.3 is 15.2 Å². The minimum absolute atomic E-state index is 0.106. The van der Waals surface area contributed by atoms with Crippen LogP contribution in [-0.4, -0.2) is 45.6 Å². The smallest absolute Gasteiger partial charge is 0.358 e. The van der Waals surface area contributed by atoms with Gasteiger partial charge in [0.2, 0.25) is 5.91 Å². The third-order valence-corrected chi connectivity index (χ3v) is 2.02. The van der Waals surface area contributed by atoms with Crippen molar-refractivity contribution in [1.29, 1.82) is 0 Å². The first-order chi connectivity index (χ1) is 8.06. The number of carbonyl (C=O) groups is 2. The largest absolute Gasteiger partial charge is 0.476 e. The van der Waals surface area contributed by atoms with E-state index in [9.17, 15) is 9.59 Å². The highest BCUT2D eigenvalue weighted by Crippen LogP contribution is 2.06. The fourth-order valence-corrected chi connectivity index (χ4v) is 1.30. The Morgan fingerprint density at radius 2 is 2.24 bits per heavy atom. The zero-order valence-electron chi connectivity index (χ0n) is 9.63. The van der Waals surface area contributed by atoms with Crippen LogP contribution in [-0.2, 0) is 22.7 Å². The van der Waals surface area contributed by atoms with Gasteiger partial charge in [-0.2, -0.15) is 0 Å². The number of carboxylic acids is 1. The summed E-state index contributed by atoms with van der Waals surface area (Å²) in [6, 6.07) is 0. The molecule has 17 heavy (non-hydrogen) atoms. The highest BCUT2D eigenvalue weighted by atomic mass is 16.5. The van der Waals surface area contributed by atoms with Gasteiger partial charge in [0, 0.05) is 20.6 Å². The maximum absolute atomic E-state index is 10.9. The normalized spacial score (nSPS) is 10.2. The van der Waals surface area contributed by atoms with Gasteiger partial charge >= 0.3 is 5.97 Å². The molecule has 0 atom stereocenters. The standard InChI is InChI=1S/C9H14N4O4/c1-6(14)10-3-4-13-7(5-17-2)8(9(15)16)11-12-13/h3-5H2,1-2H3,(H,10,14)(H,15,16). The molecular formula is C9H14N4O4. The molecule has 0 spiro atoms. The van der Waals surface area contributed by atoms with Crippen molar-refractivity contribution in [3.63, 3.8) is 0 Å². The predicted octanol–water partition coefficient (Wildman–Crippen LogP) is -0.741. The molecule has 0 aliphatic carbocycles. The Morgan fingerprint density at radius 3 is 2.76 bits per heavy atom. The molecule has 0 aliphatic heterocycles. The van der Waals surface area contributed by atoms with Crippen molar-refractivity contribution >= 4 is 11.9 Å².